The van der Waals surface area contributed by atoms with Crippen molar-refractivity contribution in [1.29, 1.82) is 0 Å². The second-order valence-electron chi connectivity index (χ2n) is 7.83. The predicted octanol–water partition coefficient (Wildman–Crippen LogP) is 3.54. The van der Waals surface area contributed by atoms with E-state index in [9.17, 15) is 4.79 Å². The molecular weight excluding hydrogens is 380 g/mol. The fraction of sp³-hybridized carbons (Fsp3) is 0.409. The smallest absolute Gasteiger partial charge is 0.283 e. The Morgan fingerprint density at radius 1 is 1.03 bits per heavy atom. The summed E-state index contributed by atoms with van der Waals surface area (Å²) in [7, 11) is 1.63. The van der Waals surface area contributed by atoms with Gasteiger partial charge in [0.05, 0.1) is 17.9 Å². The maximum Gasteiger partial charge on any atom is 0.283 e. The van der Waals surface area contributed by atoms with Gasteiger partial charge in [-0.15, -0.1) is 10.2 Å². The maximum absolute atomic E-state index is 13.2. The molecule has 0 unspecified atom stereocenters. The lowest BCUT2D eigenvalue weighted by Crippen LogP contribution is -2.26. The van der Waals surface area contributed by atoms with E-state index in [-0.39, 0.29) is 17.1 Å². The first-order valence-corrected chi connectivity index (χ1v) is 10.5. The predicted molar refractivity (Wildman–Crippen MR) is 113 cm³/mol. The van der Waals surface area contributed by atoms with Crippen molar-refractivity contribution in [2.24, 2.45) is 0 Å². The number of hydrogen-bond acceptors (Lipinski definition) is 6. The van der Waals surface area contributed by atoms with Crippen molar-refractivity contribution < 1.29 is 4.74 Å². The largest absolute Gasteiger partial charge is 0.378 e. The van der Waals surface area contributed by atoms with Crippen LogP contribution >= 0.6 is 0 Å². The van der Waals surface area contributed by atoms with Crippen molar-refractivity contribution in [2.45, 2.75) is 51.2 Å². The first kappa shape index (κ1) is 18.9. The van der Waals surface area contributed by atoms with E-state index in [1.54, 1.807) is 22.5 Å². The number of fused-ring (bicyclic) bond motifs is 3. The Balaban J connectivity index is 1.70. The first-order valence-electron chi connectivity index (χ1n) is 10.5. The van der Waals surface area contributed by atoms with E-state index in [1.807, 2.05) is 30.3 Å². The summed E-state index contributed by atoms with van der Waals surface area (Å²) < 4.78 is 8.72. The highest BCUT2D eigenvalue weighted by Crippen LogP contribution is 2.29. The summed E-state index contributed by atoms with van der Waals surface area (Å²) in [5, 5.41) is 13.4. The molecule has 0 N–H and O–H groups in total. The molecule has 0 radical (unpaired) electrons. The Morgan fingerprint density at radius 2 is 1.80 bits per heavy atom. The molecule has 8 heteroatoms. The molecule has 3 aromatic heterocycles. The number of rotatable bonds is 4. The second-order valence-corrected chi connectivity index (χ2v) is 7.83. The Bertz CT molecular complexity index is 1240. The van der Waals surface area contributed by atoms with Crippen LogP contribution in [0.1, 0.15) is 50.3 Å². The van der Waals surface area contributed by atoms with E-state index in [4.69, 9.17) is 4.74 Å². The number of aromatic nitrogens is 6. The van der Waals surface area contributed by atoms with E-state index in [0.29, 0.717) is 17.9 Å². The number of nitrogens with zero attached hydrogens (tertiary/aromatic N) is 6. The van der Waals surface area contributed by atoms with Gasteiger partial charge in [-0.05, 0) is 18.4 Å². The van der Waals surface area contributed by atoms with Crippen LogP contribution in [0.5, 0.6) is 0 Å². The third kappa shape index (κ3) is 3.17. The number of ether oxygens (including phenoxy) is 1. The van der Waals surface area contributed by atoms with Crippen LogP contribution < -0.4 is 5.56 Å². The maximum atomic E-state index is 13.2. The van der Waals surface area contributed by atoms with E-state index in [0.717, 1.165) is 42.5 Å². The second kappa shape index (κ2) is 7.95. The molecule has 1 aliphatic carbocycles. The van der Waals surface area contributed by atoms with Crippen molar-refractivity contribution in [3.63, 3.8) is 0 Å². The van der Waals surface area contributed by atoms with Gasteiger partial charge in [0.25, 0.3) is 5.56 Å². The molecule has 0 bridgehead atoms. The Hall–Kier alpha value is -3.13. The minimum Gasteiger partial charge on any atom is -0.378 e. The molecular formula is C22H24N6O2. The molecule has 8 nitrogen and oxygen atoms in total. The number of hydrogen-bond donors (Lipinski definition) is 0. The van der Waals surface area contributed by atoms with E-state index < -0.39 is 0 Å². The lowest BCUT2D eigenvalue weighted by atomic mass is 10.1. The van der Waals surface area contributed by atoms with Crippen LogP contribution in [0.2, 0.25) is 0 Å². The van der Waals surface area contributed by atoms with Crippen molar-refractivity contribution in [1.82, 2.24) is 29.4 Å². The normalized spacial score (nSPS) is 15.6. The topological polar surface area (TPSA) is 87.2 Å². The zero-order chi connectivity index (χ0) is 20.5. The summed E-state index contributed by atoms with van der Waals surface area (Å²) in [5.74, 6) is 0. The van der Waals surface area contributed by atoms with Crippen molar-refractivity contribution >= 4 is 16.8 Å². The van der Waals surface area contributed by atoms with Crippen molar-refractivity contribution in [2.75, 3.05) is 7.11 Å². The van der Waals surface area contributed by atoms with Gasteiger partial charge in [-0.3, -0.25) is 9.36 Å². The average molecular weight is 404 g/mol. The van der Waals surface area contributed by atoms with E-state index in [1.165, 1.54) is 12.8 Å². The lowest BCUT2D eigenvalue weighted by Gasteiger charge is -2.17. The molecule has 0 aliphatic heterocycles. The van der Waals surface area contributed by atoms with Gasteiger partial charge in [0.2, 0.25) is 0 Å². The molecule has 0 amide bonds. The monoisotopic (exact) mass is 404 g/mol. The highest BCUT2D eigenvalue weighted by molar-refractivity contribution is 5.83. The summed E-state index contributed by atoms with van der Waals surface area (Å²) in [6.07, 6.45) is 8.39. The zero-order valence-electron chi connectivity index (χ0n) is 17.0. The lowest BCUT2D eigenvalue weighted by molar-refractivity contribution is 0.181. The molecule has 5 rings (SSSR count). The number of methoxy groups -OCH3 is 1. The highest BCUT2D eigenvalue weighted by Gasteiger charge is 2.22. The molecule has 3 heterocycles. The Morgan fingerprint density at radius 3 is 2.53 bits per heavy atom. The van der Waals surface area contributed by atoms with E-state index in [2.05, 4.69) is 20.3 Å². The standard InChI is InChI=1S/C22H24N6O2/c1-30-13-17-18(15-9-5-4-6-10-15)20-25-24-19-21(28(20)26-17)23-14-27(22(19)29)16-11-7-2-3-8-12-16/h4-6,9-10,14,16H,2-3,7-8,11-13H2,1H3. The molecule has 0 atom stereocenters. The van der Waals surface area contributed by atoms with Crippen LogP contribution in [-0.2, 0) is 11.3 Å². The number of benzene rings is 1. The minimum atomic E-state index is -0.147. The van der Waals surface area contributed by atoms with Gasteiger partial charge in [-0.25, -0.2) is 4.98 Å². The molecule has 1 aliphatic rings. The van der Waals surface area contributed by atoms with Gasteiger partial charge in [0.1, 0.15) is 6.33 Å². The summed E-state index contributed by atoms with van der Waals surface area (Å²) >= 11 is 0. The minimum absolute atomic E-state index is 0.147. The summed E-state index contributed by atoms with van der Waals surface area (Å²) in [6, 6.07) is 10.1. The van der Waals surface area contributed by atoms with Crippen molar-refractivity contribution in [3.05, 3.63) is 52.7 Å². The fourth-order valence-corrected chi connectivity index (χ4v) is 4.42. The zero-order valence-corrected chi connectivity index (χ0v) is 17.0. The van der Waals surface area contributed by atoms with Crippen LogP contribution in [-0.4, -0.2) is 36.5 Å². The van der Waals surface area contributed by atoms with Gasteiger partial charge >= 0.3 is 0 Å². The van der Waals surface area contributed by atoms with Gasteiger partial charge in [-0.1, -0.05) is 56.0 Å². The Kier molecular flexibility index (Phi) is 5.00. The molecule has 0 spiro atoms. The van der Waals surface area contributed by atoms with Gasteiger partial charge < -0.3 is 4.74 Å². The molecule has 154 valence electrons. The third-order valence-corrected chi connectivity index (χ3v) is 5.89. The SMILES string of the molecule is COCc1nn2c(nnc3c(=O)n(C4CCCCCC4)cnc32)c1-c1ccccc1. The van der Waals surface area contributed by atoms with Crippen LogP contribution in [0.4, 0.5) is 0 Å². The highest BCUT2D eigenvalue weighted by atomic mass is 16.5. The summed E-state index contributed by atoms with van der Waals surface area (Å²) in [6.45, 7) is 0.328. The summed E-state index contributed by atoms with van der Waals surface area (Å²) in [5.41, 5.74) is 3.66. The molecule has 30 heavy (non-hydrogen) atoms. The van der Waals surface area contributed by atoms with Gasteiger partial charge in [0, 0.05) is 13.2 Å². The molecule has 1 fully saturated rings. The molecule has 0 saturated heterocycles. The molecule has 4 aromatic rings. The molecule has 1 aromatic carbocycles. The average Bonchev–Trinajstić information content (AvgIpc) is 2.94. The van der Waals surface area contributed by atoms with Crippen LogP contribution in [0.3, 0.4) is 0 Å². The fourth-order valence-electron chi connectivity index (χ4n) is 4.42. The van der Waals surface area contributed by atoms with Crippen LogP contribution in [0.25, 0.3) is 27.9 Å². The van der Waals surface area contributed by atoms with E-state index >= 15 is 0 Å². The summed E-state index contributed by atoms with van der Waals surface area (Å²) in [4.78, 5) is 17.8. The van der Waals surface area contributed by atoms with Crippen LogP contribution in [0, 0.1) is 0 Å². The van der Waals surface area contributed by atoms with Crippen LogP contribution in [0.15, 0.2) is 41.5 Å². The van der Waals surface area contributed by atoms with Crippen molar-refractivity contribution in [3.8, 4) is 11.1 Å². The Labute approximate surface area is 173 Å². The van der Waals surface area contributed by atoms with Gasteiger partial charge in [0.15, 0.2) is 16.8 Å². The molecule has 1 saturated carbocycles. The first-order chi connectivity index (χ1) is 14.8. The quantitative estimate of drug-likeness (QED) is 0.484. The third-order valence-electron chi connectivity index (χ3n) is 5.89. The van der Waals surface area contributed by atoms with Gasteiger partial charge in [-0.2, -0.15) is 9.61 Å².